The third-order valence-corrected chi connectivity index (χ3v) is 4.70. The zero-order valence-corrected chi connectivity index (χ0v) is 16.2. The molecule has 1 aromatic rings. The summed E-state index contributed by atoms with van der Waals surface area (Å²) in [5.74, 6) is 0.627. The van der Waals surface area contributed by atoms with Gasteiger partial charge in [-0.05, 0) is 58.7 Å². The Bertz CT molecular complexity index is 781. The largest absolute Gasteiger partial charge is 0.454 e. The fourth-order valence-electron chi connectivity index (χ4n) is 3.68. The van der Waals surface area contributed by atoms with Gasteiger partial charge in [-0.25, -0.2) is 4.79 Å². The average molecular weight is 375 g/mol. The summed E-state index contributed by atoms with van der Waals surface area (Å²) in [7, 11) is 0. The molecule has 1 saturated heterocycles. The van der Waals surface area contributed by atoms with Crippen molar-refractivity contribution in [3.05, 3.63) is 23.8 Å². The van der Waals surface area contributed by atoms with Gasteiger partial charge in [0.15, 0.2) is 17.3 Å². The maximum atomic E-state index is 13.5. The molecule has 7 nitrogen and oxygen atoms in total. The first-order valence-corrected chi connectivity index (χ1v) is 9.07. The van der Waals surface area contributed by atoms with Crippen molar-refractivity contribution in [3.8, 4) is 11.5 Å². The van der Waals surface area contributed by atoms with Gasteiger partial charge in [-0.3, -0.25) is 14.5 Å². The van der Waals surface area contributed by atoms with Gasteiger partial charge >= 0.3 is 6.09 Å². The minimum atomic E-state index is -1.23. The first-order valence-electron chi connectivity index (χ1n) is 9.07. The highest BCUT2D eigenvalue weighted by Crippen LogP contribution is 2.39. The van der Waals surface area contributed by atoms with Crippen molar-refractivity contribution in [3.63, 3.8) is 0 Å². The standard InChI is InChI=1S/C20H25NO6/c1-13(22)11-20(8-5-9-21(20)18(24)27-19(2,3)4)17(23)14-6-7-15-16(10-14)26-12-25-15/h6-7,10H,5,8-9,11-12H2,1-4H3/t20-/m1/s1. The Kier molecular flexibility index (Phi) is 4.88. The van der Waals surface area contributed by atoms with E-state index in [1.54, 1.807) is 39.0 Å². The molecule has 0 spiro atoms. The smallest absolute Gasteiger partial charge is 0.411 e. The Labute approximate surface area is 158 Å². The highest BCUT2D eigenvalue weighted by Gasteiger charge is 2.51. The lowest BCUT2D eigenvalue weighted by molar-refractivity contribution is -0.118. The lowest BCUT2D eigenvalue weighted by Crippen LogP contribution is -2.55. The van der Waals surface area contributed by atoms with Crippen LogP contribution in [0.1, 0.15) is 57.3 Å². The van der Waals surface area contributed by atoms with Crippen molar-refractivity contribution < 1.29 is 28.6 Å². The number of hydrogen-bond acceptors (Lipinski definition) is 6. The quantitative estimate of drug-likeness (QED) is 0.751. The molecule has 146 valence electrons. The molecule has 2 aliphatic rings. The average Bonchev–Trinajstić information content (AvgIpc) is 3.18. The Balaban J connectivity index is 1.97. The van der Waals surface area contributed by atoms with E-state index < -0.39 is 17.2 Å². The highest BCUT2D eigenvalue weighted by atomic mass is 16.7. The minimum absolute atomic E-state index is 0.0421. The molecule has 3 rings (SSSR count). The number of Topliss-reactive ketones (excluding diaryl/α,β-unsaturated/α-hetero) is 2. The Morgan fingerprint density at radius 3 is 2.56 bits per heavy atom. The molecule has 7 heteroatoms. The number of carbonyl (C=O) groups is 3. The molecule has 0 saturated carbocycles. The number of benzene rings is 1. The monoisotopic (exact) mass is 375 g/mol. The summed E-state index contributed by atoms with van der Waals surface area (Å²) in [5.41, 5.74) is -1.54. The molecule has 2 heterocycles. The third-order valence-electron chi connectivity index (χ3n) is 4.70. The maximum Gasteiger partial charge on any atom is 0.411 e. The molecule has 0 aromatic heterocycles. The van der Waals surface area contributed by atoms with Crippen molar-refractivity contribution in [2.24, 2.45) is 0 Å². The van der Waals surface area contributed by atoms with Gasteiger partial charge in [0.2, 0.25) is 6.79 Å². The Morgan fingerprint density at radius 1 is 1.19 bits per heavy atom. The summed E-state index contributed by atoms with van der Waals surface area (Å²) in [6.45, 7) is 7.22. The van der Waals surface area contributed by atoms with E-state index in [2.05, 4.69) is 0 Å². The minimum Gasteiger partial charge on any atom is -0.454 e. The van der Waals surface area contributed by atoms with E-state index in [-0.39, 0.29) is 24.8 Å². The van der Waals surface area contributed by atoms with E-state index in [0.29, 0.717) is 36.4 Å². The normalized spacial score (nSPS) is 21.3. The van der Waals surface area contributed by atoms with E-state index in [1.807, 2.05) is 0 Å². The number of carbonyl (C=O) groups excluding carboxylic acids is 3. The number of amides is 1. The van der Waals surface area contributed by atoms with Crippen LogP contribution in [0.2, 0.25) is 0 Å². The lowest BCUT2D eigenvalue weighted by Gasteiger charge is -2.37. The van der Waals surface area contributed by atoms with Gasteiger partial charge in [-0.15, -0.1) is 0 Å². The summed E-state index contributed by atoms with van der Waals surface area (Å²) >= 11 is 0. The third kappa shape index (κ3) is 3.77. The number of likely N-dealkylation sites (tertiary alicyclic amines) is 1. The molecule has 0 bridgehead atoms. The number of ketones is 2. The number of ether oxygens (including phenoxy) is 3. The molecule has 1 amide bonds. The van der Waals surface area contributed by atoms with E-state index in [0.717, 1.165) is 0 Å². The van der Waals surface area contributed by atoms with Crippen LogP contribution in [0.4, 0.5) is 4.79 Å². The van der Waals surface area contributed by atoms with Crippen molar-refractivity contribution >= 4 is 17.7 Å². The van der Waals surface area contributed by atoms with Crippen molar-refractivity contribution in [1.82, 2.24) is 4.90 Å². The van der Waals surface area contributed by atoms with E-state index >= 15 is 0 Å². The second kappa shape index (κ2) is 6.87. The zero-order chi connectivity index (χ0) is 19.8. The molecule has 2 aliphatic heterocycles. The van der Waals surface area contributed by atoms with Gasteiger partial charge in [-0.2, -0.15) is 0 Å². The summed E-state index contributed by atoms with van der Waals surface area (Å²) in [6, 6.07) is 4.92. The molecule has 0 radical (unpaired) electrons. The summed E-state index contributed by atoms with van der Waals surface area (Å²) in [5, 5.41) is 0. The number of fused-ring (bicyclic) bond motifs is 1. The first-order chi connectivity index (χ1) is 12.6. The van der Waals surface area contributed by atoms with Crippen molar-refractivity contribution in [1.29, 1.82) is 0 Å². The van der Waals surface area contributed by atoms with Gasteiger partial charge in [0.25, 0.3) is 0 Å². The SMILES string of the molecule is CC(=O)C[C@@]1(C(=O)c2ccc3c(c2)OCO3)CCCN1C(=O)OC(C)(C)C. The highest BCUT2D eigenvalue weighted by molar-refractivity contribution is 6.07. The molecular formula is C20H25NO6. The summed E-state index contributed by atoms with van der Waals surface area (Å²) < 4.78 is 16.1. The van der Waals surface area contributed by atoms with Gasteiger partial charge in [0.05, 0.1) is 0 Å². The molecule has 0 aliphatic carbocycles. The zero-order valence-electron chi connectivity index (χ0n) is 16.2. The predicted octanol–water partition coefficient (Wildman–Crippen LogP) is 3.35. The van der Waals surface area contributed by atoms with Crippen LogP contribution >= 0.6 is 0 Å². The number of nitrogens with zero attached hydrogens (tertiary/aromatic N) is 1. The Morgan fingerprint density at radius 2 is 1.89 bits per heavy atom. The summed E-state index contributed by atoms with van der Waals surface area (Å²) in [4.78, 5) is 39.7. The van der Waals surface area contributed by atoms with Crippen LogP contribution in [0, 0.1) is 0 Å². The van der Waals surface area contributed by atoms with Crippen LogP contribution in [0.25, 0.3) is 0 Å². The molecule has 0 N–H and O–H groups in total. The predicted molar refractivity (Wildman–Crippen MR) is 97.1 cm³/mol. The van der Waals surface area contributed by atoms with Gasteiger partial charge < -0.3 is 14.2 Å². The van der Waals surface area contributed by atoms with Crippen LogP contribution in [0.3, 0.4) is 0 Å². The van der Waals surface area contributed by atoms with Crippen molar-refractivity contribution in [2.75, 3.05) is 13.3 Å². The fraction of sp³-hybridized carbons (Fsp3) is 0.550. The van der Waals surface area contributed by atoms with Gasteiger partial charge in [-0.1, -0.05) is 0 Å². The fourth-order valence-corrected chi connectivity index (χ4v) is 3.68. The van der Waals surface area contributed by atoms with Gasteiger partial charge in [0, 0.05) is 18.5 Å². The molecule has 1 atom stereocenters. The van der Waals surface area contributed by atoms with Crippen LogP contribution < -0.4 is 9.47 Å². The van der Waals surface area contributed by atoms with Crippen LogP contribution in [-0.2, 0) is 9.53 Å². The molecule has 1 fully saturated rings. The van der Waals surface area contributed by atoms with E-state index in [4.69, 9.17) is 14.2 Å². The van der Waals surface area contributed by atoms with E-state index in [9.17, 15) is 14.4 Å². The van der Waals surface area contributed by atoms with Crippen LogP contribution in [-0.4, -0.2) is 47.0 Å². The first kappa shape index (κ1) is 19.2. The maximum absolute atomic E-state index is 13.5. The van der Waals surface area contributed by atoms with Gasteiger partial charge in [0.1, 0.15) is 16.9 Å². The second-order valence-corrected chi connectivity index (χ2v) is 8.04. The molecular weight excluding hydrogens is 350 g/mol. The number of hydrogen-bond donors (Lipinski definition) is 0. The summed E-state index contributed by atoms with van der Waals surface area (Å²) in [6.07, 6.45) is 0.428. The van der Waals surface area contributed by atoms with Crippen molar-refractivity contribution in [2.45, 2.75) is 58.1 Å². The molecule has 0 unspecified atom stereocenters. The second-order valence-electron chi connectivity index (χ2n) is 8.04. The van der Waals surface area contributed by atoms with Crippen LogP contribution in [0.5, 0.6) is 11.5 Å². The van der Waals surface area contributed by atoms with Crippen LogP contribution in [0.15, 0.2) is 18.2 Å². The molecule has 1 aromatic carbocycles. The topological polar surface area (TPSA) is 82.1 Å². The lowest BCUT2D eigenvalue weighted by atomic mass is 9.82. The molecule has 27 heavy (non-hydrogen) atoms. The number of rotatable bonds is 4. The van der Waals surface area contributed by atoms with E-state index in [1.165, 1.54) is 11.8 Å². The Hall–Kier alpha value is -2.57.